The second-order valence-corrected chi connectivity index (χ2v) is 9.20. The molecule has 1 aliphatic heterocycles. The molecule has 2 heterocycles. The van der Waals surface area contributed by atoms with Crippen molar-refractivity contribution in [1.82, 2.24) is 4.57 Å². The van der Waals surface area contributed by atoms with Crippen LogP contribution in [0.5, 0.6) is 0 Å². The minimum absolute atomic E-state index is 0.147. The number of amides is 1. The second kappa shape index (κ2) is 7.89. The van der Waals surface area contributed by atoms with Gasteiger partial charge in [0.05, 0.1) is 16.3 Å². The number of rotatable bonds is 3. The molecule has 0 unspecified atom stereocenters. The molecule has 0 bridgehead atoms. The number of hydrogen-bond donors (Lipinski definition) is 0. The topological polar surface area (TPSA) is 25.2 Å². The molecular formula is C22H16BrFN2OS2. The smallest absolute Gasteiger partial charge is 0.270 e. The van der Waals surface area contributed by atoms with Gasteiger partial charge in [0.1, 0.15) is 5.82 Å². The molecule has 3 aromatic rings. The lowest BCUT2D eigenvalue weighted by Crippen LogP contribution is -2.27. The molecular weight excluding hydrogens is 471 g/mol. The quantitative estimate of drug-likeness (QED) is 0.316. The van der Waals surface area contributed by atoms with Crippen LogP contribution in [0.4, 0.5) is 10.1 Å². The van der Waals surface area contributed by atoms with Crippen molar-refractivity contribution in [1.29, 1.82) is 0 Å². The van der Waals surface area contributed by atoms with Gasteiger partial charge in [-0.2, -0.15) is 0 Å². The number of carbonyl (C=O) groups is 1. The molecule has 1 amide bonds. The van der Waals surface area contributed by atoms with Gasteiger partial charge < -0.3 is 4.57 Å². The predicted molar refractivity (Wildman–Crippen MR) is 125 cm³/mol. The number of hydrogen-bond acceptors (Lipinski definition) is 3. The lowest BCUT2D eigenvalue weighted by atomic mass is 10.2. The second-order valence-electron chi connectivity index (χ2n) is 6.61. The molecule has 2 aromatic carbocycles. The van der Waals surface area contributed by atoms with E-state index in [-0.39, 0.29) is 11.7 Å². The lowest BCUT2D eigenvalue weighted by molar-refractivity contribution is -0.113. The molecule has 0 atom stereocenters. The van der Waals surface area contributed by atoms with E-state index in [1.54, 1.807) is 11.0 Å². The summed E-state index contributed by atoms with van der Waals surface area (Å²) in [5.41, 5.74) is 3.82. The highest BCUT2D eigenvalue weighted by Crippen LogP contribution is 2.37. The van der Waals surface area contributed by atoms with Gasteiger partial charge in [-0.15, -0.1) is 0 Å². The largest absolute Gasteiger partial charge is 0.315 e. The third-order valence-corrected chi connectivity index (χ3v) is 6.51. The molecule has 29 heavy (non-hydrogen) atoms. The normalized spacial score (nSPS) is 15.6. The van der Waals surface area contributed by atoms with Crippen molar-refractivity contribution >= 4 is 61.9 Å². The number of halogens is 2. The zero-order valence-electron chi connectivity index (χ0n) is 15.6. The van der Waals surface area contributed by atoms with E-state index in [9.17, 15) is 9.18 Å². The standard InChI is InChI=1S/C22H16BrFN2OS2/c1-13-10-15(14(2)25(13)19-9-8-16(23)12-18(19)24)11-20-21(27)26(22(28)29-20)17-6-4-3-5-7-17/h3-12H,1-2H3/b20-11+. The number of aryl methyl sites for hydroxylation is 1. The Hall–Kier alpha value is -2.22. The average Bonchev–Trinajstić information content (AvgIpc) is 3.11. The summed E-state index contributed by atoms with van der Waals surface area (Å²) in [5, 5.41) is 0. The maximum Gasteiger partial charge on any atom is 0.270 e. The molecule has 0 saturated carbocycles. The minimum atomic E-state index is -0.317. The Labute approximate surface area is 186 Å². The number of thiocarbonyl (C=S) groups is 1. The summed E-state index contributed by atoms with van der Waals surface area (Å²) >= 11 is 10.00. The molecule has 1 aliphatic rings. The molecule has 1 fully saturated rings. The SMILES string of the molecule is Cc1cc(/C=C2/SC(=S)N(c3ccccc3)C2=O)c(C)n1-c1ccc(Br)cc1F. The van der Waals surface area contributed by atoms with E-state index in [1.165, 1.54) is 17.8 Å². The molecule has 0 N–H and O–H groups in total. The third-order valence-electron chi connectivity index (χ3n) is 4.72. The molecule has 0 radical (unpaired) electrons. The van der Waals surface area contributed by atoms with Crippen LogP contribution in [-0.4, -0.2) is 14.8 Å². The van der Waals surface area contributed by atoms with E-state index in [4.69, 9.17) is 12.2 Å². The number of nitrogens with zero attached hydrogens (tertiary/aromatic N) is 2. The van der Waals surface area contributed by atoms with Gasteiger partial charge in [-0.25, -0.2) is 4.39 Å². The Kier molecular flexibility index (Phi) is 5.46. The van der Waals surface area contributed by atoms with Gasteiger partial charge in [-0.05, 0) is 61.9 Å². The van der Waals surface area contributed by atoms with Crippen LogP contribution in [-0.2, 0) is 4.79 Å². The Morgan fingerprint density at radius 3 is 2.52 bits per heavy atom. The highest BCUT2D eigenvalue weighted by atomic mass is 79.9. The van der Waals surface area contributed by atoms with E-state index in [1.807, 2.05) is 67.0 Å². The Bertz CT molecular complexity index is 1170. The van der Waals surface area contributed by atoms with Crippen LogP contribution in [0.15, 0.2) is 64.0 Å². The number of thioether (sulfide) groups is 1. The molecule has 1 saturated heterocycles. The van der Waals surface area contributed by atoms with Crippen molar-refractivity contribution in [2.24, 2.45) is 0 Å². The van der Waals surface area contributed by atoms with Gasteiger partial charge in [-0.3, -0.25) is 9.69 Å². The lowest BCUT2D eigenvalue weighted by Gasteiger charge is -2.13. The van der Waals surface area contributed by atoms with Crippen molar-refractivity contribution in [2.75, 3.05) is 4.90 Å². The summed E-state index contributed by atoms with van der Waals surface area (Å²) in [6.45, 7) is 3.83. The molecule has 146 valence electrons. The van der Waals surface area contributed by atoms with Crippen molar-refractivity contribution < 1.29 is 9.18 Å². The van der Waals surface area contributed by atoms with Crippen molar-refractivity contribution in [3.63, 3.8) is 0 Å². The average molecular weight is 487 g/mol. The predicted octanol–water partition coefficient (Wildman–Crippen LogP) is 6.40. The van der Waals surface area contributed by atoms with Crippen LogP contribution in [0.1, 0.15) is 17.0 Å². The fourth-order valence-electron chi connectivity index (χ4n) is 3.38. The molecule has 7 heteroatoms. The van der Waals surface area contributed by atoms with Crippen molar-refractivity contribution in [3.05, 3.63) is 86.7 Å². The Morgan fingerprint density at radius 2 is 1.83 bits per heavy atom. The van der Waals surface area contributed by atoms with Gasteiger partial charge >= 0.3 is 0 Å². The number of para-hydroxylation sites is 1. The first-order chi connectivity index (χ1) is 13.9. The van der Waals surface area contributed by atoms with Crippen LogP contribution < -0.4 is 4.90 Å². The maximum atomic E-state index is 14.5. The van der Waals surface area contributed by atoms with Crippen LogP contribution >= 0.6 is 39.9 Å². The Balaban J connectivity index is 1.73. The number of carbonyl (C=O) groups excluding carboxylic acids is 1. The first-order valence-corrected chi connectivity index (χ1v) is 10.9. The zero-order valence-corrected chi connectivity index (χ0v) is 18.9. The summed E-state index contributed by atoms with van der Waals surface area (Å²) in [6, 6.07) is 16.3. The Morgan fingerprint density at radius 1 is 1.10 bits per heavy atom. The summed E-state index contributed by atoms with van der Waals surface area (Å²) in [7, 11) is 0. The van der Waals surface area contributed by atoms with Gasteiger partial charge in [-0.1, -0.05) is 58.1 Å². The number of aromatic nitrogens is 1. The third kappa shape index (κ3) is 3.70. The first-order valence-electron chi connectivity index (χ1n) is 8.84. The van der Waals surface area contributed by atoms with E-state index < -0.39 is 0 Å². The number of anilines is 1. The van der Waals surface area contributed by atoms with E-state index >= 15 is 0 Å². The van der Waals surface area contributed by atoms with Crippen LogP contribution in [0, 0.1) is 19.7 Å². The van der Waals surface area contributed by atoms with Gasteiger partial charge in [0, 0.05) is 15.9 Å². The number of benzene rings is 2. The summed E-state index contributed by atoms with van der Waals surface area (Å²) < 4.78 is 17.6. The molecule has 0 aliphatic carbocycles. The van der Waals surface area contributed by atoms with Crippen LogP contribution in [0.3, 0.4) is 0 Å². The van der Waals surface area contributed by atoms with Gasteiger partial charge in [0.2, 0.25) is 0 Å². The highest BCUT2D eigenvalue weighted by Gasteiger charge is 2.33. The molecule has 4 rings (SSSR count). The van der Waals surface area contributed by atoms with Crippen LogP contribution in [0.2, 0.25) is 0 Å². The van der Waals surface area contributed by atoms with E-state index in [2.05, 4.69) is 15.9 Å². The molecule has 0 spiro atoms. The minimum Gasteiger partial charge on any atom is -0.315 e. The monoisotopic (exact) mass is 486 g/mol. The first kappa shape index (κ1) is 20.1. The van der Waals surface area contributed by atoms with Crippen molar-refractivity contribution in [3.8, 4) is 5.69 Å². The fourth-order valence-corrected chi connectivity index (χ4v) is 5.00. The fraction of sp³-hybridized carbons (Fsp3) is 0.0909. The zero-order chi connectivity index (χ0) is 20.7. The summed E-state index contributed by atoms with van der Waals surface area (Å²) in [5.74, 6) is -0.464. The van der Waals surface area contributed by atoms with E-state index in [0.29, 0.717) is 19.4 Å². The molecule has 3 nitrogen and oxygen atoms in total. The maximum absolute atomic E-state index is 14.5. The van der Waals surface area contributed by atoms with Gasteiger partial charge in [0.15, 0.2) is 4.32 Å². The summed E-state index contributed by atoms with van der Waals surface area (Å²) in [6.07, 6.45) is 1.83. The van der Waals surface area contributed by atoms with Gasteiger partial charge in [0.25, 0.3) is 5.91 Å². The molecule has 1 aromatic heterocycles. The summed E-state index contributed by atoms with van der Waals surface area (Å²) in [4.78, 5) is 15.1. The van der Waals surface area contributed by atoms with E-state index in [0.717, 1.165) is 22.6 Å². The van der Waals surface area contributed by atoms with Crippen LogP contribution in [0.25, 0.3) is 11.8 Å². The highest BCUT2D eigenvalue weighted by molar-refractivity contribution is 9.10. The van der Waals surface area contributed by atoms with Crippen molar-refractivity contribution in [2.45, 2.75) is 13.8 Å².